The van der Waals surface area contributed by atoms with Gasteiger partial charge in [-0.3, -0.25) is 0 Å². The summed E-state index contributed by atoms with van der Waals surface area (Å²) in [6, 6.07) is 0. The summed E-state index contributed by atoms with van der Waals surface area (Å²) in [6.07, 6.45) is 6.07. The van der Waals surface area contributed by atoms with Crippen molar-refractivity contribution in [2.75, 3.05) is 18.0 Å². The van der Waals surface area contributed by atoms with Crippen LogP contribution >= 0.6 is 22.6 Å². The van der Waals surface area contributed by atoms with Crippen molar-refractivity contribution >= 4 is 28.4 Å². The number of rotatable bonds is 1. The highest BCUT2D eigenvalue weighted by atomic mass is 127. The maximum Gasteiger partial charge on any atom is 0.145 e. The fourth-order valence-electron chi connectivity index (χ4n) is 1.76. The van der Waals surface area contributed by atoms with E-state index >= 15 is 0 Å². The molecule has 0 N–H and O–H groups in total. The zero-order chi connectivity index (χ0) is 9.97. The number of nitrogens with zero attached hydrogens (tertiary/aromatic N) is 3. The summed E-state index contributed by atoms with van der Waals surface area (Å²) in [5.74, 6) is 1.97. The van der Waals surface area contributed by atoms with E-state index in [4.69, 9.17) is 0 Å². The van der Waals surface area contributed by atoms with Gasteiger partial charge in [0.1, 0.15) is 12.1 Å². The van der Waals surface area contributed by atoms with Gasteiger partial charge in [-0.15, -0.1) is 0 Å². The number of aromatic nitrogens is 2. The van der Waals surface area contributed by atoms with Crippen molar-refractivity contribution in [1.29, 1.82) is 0 Å². The number of hydrogen-bond donors (Lipinski definition) is 0. The van der Waals surface area contributed by atoms with Crippen molar-refractivity contribution < 1.29 is 0 Å². The number of hydrogen-bond acceptors (Lipinski definition) is 3. The van der Waals surface area contributed by atoms with Crippen LogP contribution in [0.5, 0.6) is 0 Å². The Balaban J connectivity index is 2.12. The first-order valence-electron chi connectivity index (χ1n) is 4.98. The highest BCUT2D eigenvalue weighted by molar-refractivity contribution is 14.1. The molecule has 0 aromatic carbocycles. The third kappa shape index (κ3) is 2.16. The molecule has 1 aliphatic heterocycles. The molecule has 0 unspecified atom stereocenters. The molecule has 0 spiro atoms. The second kappa shape index (κ2) is 4.42. The van der Waals surface area contributed by atoms with Gasteiger partial charge in [0.2, 0.25) is 0 Å². The molecule has 76 valence electrons. The van der Waals surface area contributed by atoms with Crippen molar-refractivity contribution in [1.82, 2.24) is 9.97 Å². The van der Waals surface area contributed by atoms with E-state index in [2.05, 4.69) is 44.4 Å². The predicted molar refractivity (Wildman–Crippen MR) is 65.4 cm³/mol. The van der Waals surface area contributed by atoms with Gasteiger partial charge in [0.25, 0.3) is 0 Å². The van der Waals surface area contributed by atoms with Crippen LogP contribution in [0.3, 0.4) is 0 Å². The lowest BCUT2D eigenvalue weighted by Gasteiger charge is -2.31. The summed E-state index contributed by atoms with van der Waals surface area (Å²) >= 11 is 2.30. The van der Waals surface area contributed by atoms with Crippen LogP contribution in [0.1, 0.15) is 19.8 Å². The lowest BCUT2D eigenvalue weighted by molar-refractivity contribution is 0.436. The van der Waals surface area contributed by atoms with Gasteiger partial charge in [0.05, 0.1) is 3.57 Å². The molecule has 3 nitrogen and oxygen atoms in total. The van der Waals surface area contributed by atoms with Crippen LogP contribution in [0.15, 0.2) is 12.5 Å². The zero-order valence-corrected chi connectivity index (χ0v) is 10.4. The second-order valence-electron chi connectivity index (χ2n) is 3.86. The molecule has 0 saturated carbocycles. The van der Waals surface area contributed by atoms with Gasteiger partial charge in [-0.2, -0.15) is 0 Å². The molecule has 0 radical (unpaired) electrons. The number of halogens is 1. The van der Waals surface area contributed by atoms with Gasteiger partial charge in [-0.05, 0) is 41.4 Å². The molecule has 1 aromatic heterocycles. The van der Waals surface area contributed by atoms with Crippen LogP contribution in [0.4, 0.5) is 5.82 Å². The van der Waals surface area contributed by atoms with Crippen LogP contribution in [0.2, 0.25) is 0 Å². The van der Waals surface area contributed by atoms with E-state index < -0.39 is 0 Å². The molecule has 0 atom stereocenters. The van der Waals surface area contributed by atoms with Crippen molar-refractivity contribution in [2.24, 2.45) is 5.92 Å². The highest BCUT2D eigenvalue weighted by Crippen LogP contribution is 2.24. The van der Waals surface area contributed by atoms with E-state index in [-0.39, 0.29) is 0 Å². The van der Waals surface area contributed by atoms with Gasteiger partial charge in [-0.25, -0.2) is 9.97 Å². The van der Waals surface area contributed by atoms with E-state index in [1.807, 2.05) is 6.20 Å². The summed E-state index contributed by atoms with van der Waals surface area (Å²) in [5.41, 5.74) is 0. The number of anilines is 1. The summed E-state index contributed by atoms with van der Waals surface area (Å²) in [5, 5.41) is 0. The maximum absolute atomic E-state index is 4.33. The van der Waals surface area contributed by atoms with Crippen LogP contribution in [0, 0.1) is 9.49 Å². The Morgan fingerprint density at radius 1 is 1.43 bits per heavy atom. The van der Waals surface area contributed by atoms with Crippen molar-refractivity contribution in [2.45, 2.75) is 19.8 Å². The second-order valence-corrected chi connectivity index (χ2v) is 5.03. The van der Waals surface area contributed by atoms with Crippen molar-refractivity contribution in [3.8, 4) is 0 Å². The van der Waals surface area contributed by atoms with Gasteiger partial charge in [-0.1, -0.05) is 6.92 Å². The van der Waals surface area contributed by atoms with Gasteiger partial charge in [0.15, 0.2) is 0 Å². The molecular weight excluding hydrogens is 289 g/mol. The minimum absolute atomic E-state index is 0.866. The Labute approximate surface area is 98.1 Å². The Bertz CT molecular complexity index is 308. The Morgan fingerprint density at radius 2 is 2.14 bits per heavy atom. The Hall–Kier alpha value is -0.390. The van der Waals surface area contributed by atoms with Crippen molar-refractivity contribution in [3.05, 3.63) is 16.1 Å². The lowest BCUT2D eigenvalue weighted by atomic mass is 9.99. The standard InChI is InChI=1S/C10H14IN3/c1-8-2-4-14(5-3-8)10-9(11)6-12-7-13-10/h6-8H,2-5H2,1H3. The third-order valence-corrected chi connectivity index (χ3v) is 3.49. The fourth-order valence-corrected chi connectivity index (χ4v) is 2.40. The molecule has 2 rings (SSSR count). The average Bonchev–Trinajstić information content (AvgIpc) is 2.20. The molecule has 1 aromatic rings. The van der Waals surface area contributed by atoms with Gasteiger partial charge >= 0.3 is 0 Å². The molecule has 1 saturated heterocycles. The van der Waals surface area contributed by atoms with Gasteiger partial charge < -0.3 is 4.90 Å². The van der Waals surface area contributed by atoms with E-state index in [1.54, 1.807) is 6.33 Å². The maximum atomic E-state index is 4.33. The summed E-state index contributed by atoms with van der Waals surface area (Å²) in [6.45, 7) is 4.59. The summed E-state index contributed by atoms with van der Waals surface area (Å²) in [4.78, 5) is 10.7. The topological polar surface area (TPSA) is 29.0 Å². The molecule has 1 fully saturated rings. The quantitative estimate of drug-likeness (QED) is 0.746. The molecule has 0 bridgehead atoms. The predicted octanol–water partition coefficient (Wildman–Crippen LogP) is 2.32. The average molecular weight is 303 g/mol. The monoisotopic (exact) mass is 303 g/mol. The first-order valence-corrected chi connectivity index (χ1v) is 6.05. The largest absolute Gasteiger partial charge is 0.356 e. The first-order chi connectivity index (χ1) is 6.77. The van der Waals surface area contributed by atoms with Gasteiger partial charge in [0, 0.05) is 19.3 Å². The van der Waals surface area contributed by atoms with E-state index in [0.29, 0.717) is 0 Å². The normalized spacial score (nSPS) is 18.6. The minimum Gasteiger partial charge on any atom is -0.356 e. The zero-order valence-electron chi connectivity index (χ0n) is 8.28. The summed E-state index contributed by atoms with van der Waals surface area (Å²) < 4.78 is 1.15. The van der Waals surface area contributed by atoms with E-state index in [9.17, 15) is 0 Å². The molecule has 0 aliphatic carbocycles. The van der Waals surface area contributed by atoms with Crippen LogP contribution in [-0.4, -0.2) is 23.1 Å². The highest BCUT2D eigenvalue weighted by Gasteiger charge is 2.18. The minimum atomic E-state index is 0.866. The molecular formula is C10H14IN3. The molecule has 0 amide bonds. The van der Waals surface area contributed by atoms with Crippen LogP contribution < -0.4 is 4.90 Å². The molecule has 1 aliphatic rings. The SMILES string of the molecule is CC1CCN(c2ncncc2I)CC1. The van der Waals surface area contributed by atoms with E-state index in [0.717, 1.165) is 28.4 Å². The third-order valence-electron chi connectivity index (χ3n) is 2.73. The first kappa shape index (κ1) is 10.1. The Morgan fingerprint density at radius 3 is 2.79 bits per heavy atom. The molecule has 4 heteroatoms. The molecule has 14 heavy (non-hydrogen) atoms. The van der Waals surface area contributed by atoms with Crippen LogP contribution in [-0.2, 0) is 0 Å². The smallest absolute Gasteiger partial charge is 0.145 e. The lowest BCUT2D eigenvalue weighted by Crippen LogP contribution is -2.33. The number of piperidine rings is 1. The molecule has 2 heterocycles. The van der Waals surface area contributed by atoms with E-state index in [1.165, 1.54) is 12.8 Å². The fraction of sp³-hybridized carbons (Fsp3) is 0.600. The van der Waals surface area contributed by atoms with Crippen LogP contribution in [0.25, 0.3) is 0 Å². The Kier molecular flexibility index (Phi) is 3.20. The van der Waals surface area contributed by atoms with Crippen molar-refractivity contribution in [3.63, 3.8) is 0 Å². The summed E-state index contributed by atoms with van der Waals surface area (Å²) in [7, 11) is 0.